The van der Waals surface area contributed by atoms with Crippen LogP contribution in [0.4, 0.5) is 4.79 Å². The molecule has 2 N–H and O–H groups in total. The number of terminal acetylenes is 1. The lowest BCUT2D eigenvalue weighted by Gasteiger charge is -2.35. The normalized spacial score (nSPS) is 13.2. The number of alkyl carbamates (subject to hydrolysis) is 1. The van der Waals surface area contributed by atoms with Crippen LogP contribution in [0.3, 0.4) is 0 Å². The number of benzene rings is 2. The zero-order chi connectivity index (χ0) is 29.0. The number of carbonyl (C=O) groups is 3. The Balaban J connectivity index is 2.57. The Bertz CT molecular complexity index is 1160. The maximum Gasteiger partial charge on any atom is 0.408 e. The van der Waals surface area contributed by atoms with Gasteiger partial charge in [-0.3, -0.25) is 9.59 Å². The van der Waals surface area contributed by atoms with Gasteiger partial charge >= 0.3 is 6.09 Å². The van der Waals surface area contributed by atoms with Crippen LogP contribution in [0.25, 0.3) is 0 Å². The fourth-order valence-corrected chi connectivity index (χ4v) is 4.31. The summed E-state index contributed by atoms with van der Waals surface area (Å²) in [4.78, 5) is 42.3. The van der Waals surface area contributed by atoms with Crippen LogP contribution >= 0.6 is 0 Å². The fourth-order valence-electron chi connectivity index (χ4n) is 4.31. The predicted molar refractivity (Wildman–Crippen MR) is 155 cm³/mol. The molecule has 3 amide bonds. The topological polar surface area (TPSA) is 87.7 Å². The minimum atomic E-state index is -1.04. The molecule has 3 unspecified atom stereocenters. The minimum Gasteiger partial charge on any atom is -0.444 e. The quantitative estimate of drug-likeness (QED) is 0.292. The van der Waals surface area contributed by atoms with Gasteiger partial charge in [0.2, 0.25) is 11.8 Å². The van der Waals surface area contributed by atoms with Gasteiger partial charge in [0.25, 0.3) is 0 Å². The monoisotopic (exact) mass is 531 g/mol. The van der Waals surface area contributed by atoms with Gasteiger partial charge in [-0.05, 0) is 51.3 Å². The summed E-state index contributed by atoms with van der Waals surface area (Å²) in [7, 11) is 0. The largest absolute Gasteiger partial charge is 0.444 e. The average Bonchev–Trinajstić information content (AvgIpc) is 2.87. The van der Waals surface area contributed by atoms with Crippen LogP contribution in [0.2, 0.25) is 0 Å². The highest BCUT2D eigenvalue weighted by Gasteiger charge is 2.37. The highest BCUT2D eigenvalue weighted by atomic mass is 16.6. The lowest BCUT2D eigenvalue weighted by Crippen LogP contribution is -2.54. The van der Waals surface area contributed by atoms with Crippen molar-refractivity contribution in [1.82, 2.24) is 15.5 Å². The van der Waals surface area contributed by atoms with Crippen LogP contribution in [0.15, 0.2) is 67.3 Å². The van der Waals surface area contributed by atoms with Crippen LogP contribution in [0.1, 0.15) is 70.2 Å². The maximum atomic E-state index is 14.2. The Morgan fingerprint density at radius 1 is 1.08 bits per heavy atom. The molecule has 0 aliphatic carbocycles. The average molecular weight is 532 g/mol. The summed E-state index contributed by atoms with van der Waals surface area (Å²) in [5, 5.41) is 5.77. The third-order valence-electron chi connectivity index (χ3n) is 5.96. The van der Waals surface area contributed by atoms with Crippen molar-refractivity contribution in [2.24, 2.45) is 0 Å². The van der Waals surface area contributed by atoms with Crippen molar-refractivity contribution in [3.63, 3.8) is 0 Å². The summed E-state index contributed by atoms with van der Waals surface area (Å²) in [6.07, 6.45) is 8.49. The first-order valence-electron chi connectivity index (χ1n) is 13.3. The number of rotatable bonds is 12. The van der Waals surface area contributed by atoms with Crippen molar-refractivity contribution < 1.29 is 19.1 Å². The molecule has 0 saturated heterocycles. The number of hydrogen-bond acceptors (Lipinski definition) is 4. The van der Waals surface area contributed by atoms with Crippen molar-refractivity contribution in [1.29, 1.82) is 0 Å². The summed E-state index contributed by atoms with van der Waals surface area (Å²) < 4.78 is 5.46. The molecule has 0 aromatic heterocycles. The van der Waals surface area contributed by atoms with Crippen molar-refractivity contribution in [3.8, 4) is 12.3 Å². The Labute approximate surface area is 233 Å². The molecule has 0 radical (unpaired) electrons. The van der Waals surface area contributed by atoms with E-state index in [4.69, 9.17) is 11.2 Å². The number of hydrogen-bond donors (Lipinski definition) is 2. The third kappa shape index (κ3) is 9.64. The molecule has 0 aliphatic heterocycles. The summed E-state index contributed by atoms with van der Waals surface area (Å²) in [5.41, 5.74) is 1.11. The van der Waals surface area contributed by atoms with Crippen LogP contribution in [-0.4, -0.2) is 47.0 Å². The van der Waals surface area contributed by atoms with E-state index in [1.54, 1.807) is 51.1 Å². The van der Waals surface area contributed by atoms with Gasteiger partial charge in [-0.15, -0.1) is 13.0 Å². The second kappa shape index (κ2) is 14.8. The number of ether oxygens (including phenoxy) is 1. The molecule has 2 rings (SSSR count). The molecule has 3 atom stereocenters. The number of carbonyl (C=O) groups excluding carboxylic acids is 3. The summed E-state index contributed by atoms with van der Waals surface area (Å²) in [5.74, 6) is 1.82. The van der Waals surface area contributed by atoms with Gasteiger partial charge in [-0.25, -0.2) is 4.79 Å². The van der Waals surface area contributed by atoms with Gasteiger partial charge in [0.1, 0.15) is 17.7 Å². The fraction of sp³-hybridized carbons (Fsp3) is 0.406. The van der Waals surface area contributed by atoms with E-state index in [9.17, 15) is 14.4 Å². The zero-order valence-electron chi connectivity index (χ0n) is 23.7. The predicted octanol–water partition coefficient (Wildman–Crippen LogP) is 5.16. The van der Waals surface area contributed by atoms with E-state index in [0.717, 1.165) is 18.4 Å². The van der Waals surface area contributed by atoms with Crippen LogP contribution in [0.5, 0.6) is 0 Å². The number of nitrogens with one attached hydrogen (secondary N) is 2. The van der Waals surface area contributed by atoms with E-state index < -0.39 is 29.7 Å². The maximum absolute atomic E-state index is 14.2. The van der Waals surface area contributed by atoms with E-state index in [2.05, 4.69) is 23.1 Å². The molecule has 208 valence electrons. The first kappa shape index (κ1) is 31.2. The van der Waals surface area contributed by atoms with Gasteiger partial charge in [0, 0.05) is 24.6 Å². The first-order valence-corrected chi connectivity index (χ1v) is 13.3. The number of nitrogens with zero attached hydrogens (tertiary/aromatic N) is 1. The molecule has 39 heavy (non-hydrogen) atoms. The summed E-state index contributed by atoms with van der Waals surface area (Å²) in [6.45, 7) is 13.1. The lowest BCUT2D eigenvalue weighted by molar-refractivity contribution is -0.142. The Hall–Kier alpha value is -4.05. The Morgan fingerprint density at radius 2 is 1.72 bits per heavy atom. The van der Waals surface area contributed by atoms with Crippen LogP contribution in [-0.2, 0) is 20.7 Å². The molecule has 7 nitrogen and oxygen atoms in total. The smallest absolute Gasteiger partial charge is 0.408 e. The molecule has 2 aromatic carbocycles. The summed E-state index contributed by atoms with van der Waals surface area (Å²) >= 11 is 0. The van der Waals surface area contributed by atoms with Crippen LogP contribution in [0, 0.1) is 12.3 Å². The van der Waals surface area contributed by atoms with Gasteiger partial charge in [0.05, 0.1) is 0 Å². The van der Waals surface area contributed by atoms with E-state index >= 15 is 0 Å². The molecule has 0 spiro atoms. The van der Waals surface area contributed by atoms with E-state index in [-0.39, 0.29) is 24.9 Å². The van der Waals surface area contributed by atoms with E-state index in [1.165, 1.54) is 4.90 Å². The molecular formula is C32H41N3O4. The third-order valence-corrected chi connectivity index (χ3v) is 5.96. The molecule has 0 fully saturated rings. The Morgan fingerprint density at radius 3 is 2.31 bits per heavy atom. The highest BCUT2D eigenvalue weighted by molar-refractivity contribution is 5.93. The van der Waals surface area contributed by atoms with Crippen molar-refractivity contribution in [2.75, 3.05) is 6.54 Å². The van der Waals surface area contributed by atoms with E-state index in [1.807, 2.05) is 44.2 Å². The molecule has 0 aliphatic rings. The SMILES string of the molecule is C#Cc1ccccc1C(C(=O)NC(C)CCC)N(CC=C)C(=O)C(Cc1ccccc1)NC(=O)OC(C)(C)C. The van der Waals surface area contributed by atoms with E-state index in [0.29, 0.717) is 11.1 Å². The highest BCUT2D eigenvalue weighted by Crippen LogP contribution is 2.26. The summed E-state index contributed by atoms with van der Waals surface area (Å²) in [6, 6.07) is 14.2. The van der Waals surface area contributed by atoms with Gasteiger partial charge in [-0.2, -0.15) is 0 Å². The van der Waals surface area contributed by atoms with Crippen molar-refractivity contribution in [3.05, 3.63) is 83.9 Å². The molecule has 0 saturated carbocycles. The van der Waals surface area contributed by atoms with Crippen molar-refractivity contribution >= 4 is 17.9 Å². The zero-order valence-corrected chi connectivity index (χ0v) is 23.7. The van der Waals surface area contributed by atoms with Gasteiger partial charge in [-0.1, -0.05) is 73.9 Å². The van der Waals surface area contributed by atoms with Gasteiger partial charge < -0.3 is 20.3 Å². The van der Waals surface area contributed by atoms with Crippen LogP contribution < -0.4 is 10.6 Å². The second-order valence-electron chi connectivity index (χ2n) is 10.5. The Kier molecular flexibility index (Phi) is 11.8. The molecule has 2 aromatic rings. The molecule has 0 heterocycles. The molecular weight excluding hydrogens is 490 g/mol. The number of amides is 3. The molecule has 7 heteroatoms. The van der Waals surface area contributed by atoms with Crippen molar-refractivity contribution in [2.45, 2.75) is 77.6 Å². The minimum absolute atomic E-state index is 0.0548. The lowest BCUT2D eigenvalue weighted by atomic mass is 9.96. The standard InChI is InChI=1S/C32H41N3O4/c1-8-16-23(4)33-29(36)28(26-20-15-14-19-25(26)10-3)35(21-9-2)30(37)27(22-24-17-12-11-13-18-24)34-31(38)39-32(5,6)7/h3,9,11-15,17-20,23,27-28H,2,8,16,21-22H2,1,4-7H3,(H,33,36)(H,34,38). The molecule has 0 bridgehead atoms. The second-order valence-corrected chi connectivity index (χ2v) is 10.5. The first-order chi connectivity index (χ1) is 18.5. The van der Waals surface area contributed by atoms with Gasteiger partial charge in [0.15, 0.2) is 0 Å².